The zero-order valence-corrected chi connectivity index (χ0v) is 23.9. The third-order valence-electron chi connectivity index (χ3n) is 7.93. The summed E-state index contributed by atoms with van der Waals surface area (Å²) in [7, 11) is 1.42. The first-order valence-corrected chi connectivity index (χ1v) is 13.9. The number of pyridine rings is 1. The molecule has 2 amide bonds. The van der Waals surface area contributed by atoms with E-state index in [1.807, 2.05) is 13.0 Å². The lowest BCUT2D eigenvalue weighted by atomic mass is 9.94. The Kier molecular flexibility index (Phi) is 8.41. The van der Waals surface area contributed by atoms with Gasteiger partial charge in [-0.15, -0.1) is 0 Å². The number of piperidine rings is 1. The van der Waals surface area contributed by atoms with Crippen molar-refractivity contribution in [2.45, 2.75) is 44.3 Å². The van der Waals surface area contributed by atoms with Crippen LogP contribution < -0.4 is 21.2 Å². The van der Waals surface area contributed by atoms with Gasteiger partial charge in [0.2, 0.25) is 11.6 Å². The van der Waals surface area contributed by atoms with E-state index in [9.17, 15) is 22.8 Å². The van der Waals surface area contributed by atoms with Crippen molar-refractivity contribution < 1.29 is 32.9 Å². The van der Waals surface area contributed by atoms with E-state index in [1.165, 1.54) is 19.2 Å². The molecule has 5 rings (SSSR count). The molecule has 2 aromatic carbocycles. The number of nitrogens with one attached hydrogen (secondary N) is 1. The topological polar surface area (TPSA) is 126 Å². The highest BCUT2D eigenvalue weighted by Gasteiger charge is 2.49. The van der Waals surface area contributed by atoms with E-state index in [-0.39, 0.29) is 31.0 Å². The second-order valence-electron chi connectivity index (χ2n) is 11.1. The zero-order valence-electron chi connectivity index (χ0n) is 23.9. The van der Waals surface area contributed by atoms with Crippen molar-refractivity contribution in [2.75, 3.05) is 32.5 Å². The SMILES string of the molecule is COc1cccc(F)c1CN1C[C@H](NC(=O)c2ccc(N)c(C(=[NH2+])c3ccnc(C)c3)c2)CC[C@H]1C(=O)N1CC(F)(F)C1. The van der Waals surface area contributed by atoms with Crippen molar-refractivity contribution in [3.8, 4) is 5.75 Å². The molecule has 0 aliphatic carbocycles. The Bertz CT molecular complexity index is 1560. The molecule has 2 atom stereocenters. The Morgan fingerprint density at radius 3 is 2.60 bits per heavy atom. The number of methoxy groups -OCH3 is 1. The third-order valence-corrected chi connectivity index (χ3v) is 7.93. The predicted octanol–water partition coefficient (Wildman–Crippen LogP) is 1.96. The number of halogens is 3. The maximum Gasteiger partial charge on any atom is 0.282 e. The Morgan fingerprint density at radius 1 is 1.14 bits per heavy atom. The maximum absolute atomic E-state index is 14.9. The van der Waals surface area contributed by atoms with Gasteiger partial charge in [-0.05, 0) is 62.2 Å². The Hall–Kier alpha value is -4.45. The largest absolute Gasteiger partial charge is 0.496 e. The van der Waals surface area contributed by atoms with Gasteiger partial charge < -0.3 is 20.7 Å². The van der Waals surface area contributed by atoms with E-state index in [0.717, 1.165) is 16.2 Å². The van der Waals surface area contributed by atoms with Gasteiger partial charge >= 0.3 is 0 Å². The predicted molar refractivity (Wildman–Crippen MR) is 154 cm³/mol. The van der Waals surface area contributed by atoms with Crippen LogP contribution in [0.1, 0.15) is 45.6 Å². The fraction of sp³-hybridized carbons (Fsp3) is 0.355. The van der Waals surface area contributed by atoms with Crippen LogP contribution in [0.4, 0.5) is 18.9 Å². The van der Waals surface area contributed by atoms with E-state index in [1.54, 1.807) is 41.4 Å². The van der Waals surface area contributed by atoms with Crippen LogP contribution in [-0.4, -0.2) is 77.1 Å². The number of rotatable bonds is 8. The molecule has 2 aliphatic rings. The number of nitrogens with zero attached hydrogens (tertiary/aromatic N) is 3. The first-order chi connectivity index (χ1) is 20.5. The minimum atomic E-state index is -2.91. The number of nitrogen functional groups attached to an aromatic ring is 1. The summed E-state index contributed by atoms with van der Waals surface area (Å²) >= 11 is 0. The average molecular weight is 596 g/mol. The van der Waals surface area contributed by atoms with Crippen LogP contribution in [-0.2, 0) is 11.3 Å². The monoisotopic (exact) mass is 595 g/mol. The number of hydrogen-bond donors (Lipinski definition) is 3. The fourth-order valence-electron chi connectivity index (χ4n) is 5.65. The highest BCUT2D eigenvalue weighted by molar-refractivity contribution is 6.13. The van der Waals surface area contributed by atoms with E-state index < -0.39 is 42.8 Å². The van der Waals surface area contributed by atoms with Crippen LogP contribution in [0.15, 0.2) is 54.7 Å². The Balaban J connectivity index is 1.34. The number of amides is 2. The number of anilines is 1. The number of likely N-dealkylation sites (tertiary alicyclic amines) is 2. The molecule has 3 aromatic rings. The molecule has 0 bridgehead atoms. The van der Waals surface area contributed by atoms with Crippen molar-refractivity contribution in [1.29, 1.82) is 0 Å². The molecule has 1 aromatic heterocycles. The molecule has 0 unspecified atom stereocenters. The lowest BCUT2D eigenvalue weighted by molar-refractivity contribution is -0.172. The first-order valence-electron chi connectivity index (χ1n) is 13.9. The van der Waals surface area contributed by atoms with Gasteiger partial charge in [0, 0.05) is 53.4 Å². The molecule has 0 radical (unpaired) electrons. The van der Waals surface area contributed by atoms with Crippen LogP contribution in [0.25, 0.3) is 0 Å². The second-order valence-corrected chi connectivity index (χ2v) is 11.1. The summed E-state index contributed by atoms with van der Waals surface area (Å²) in [5.41, 5.74) is 9.59. The van der Waals surface area contributed by atoms with Crippen LogP contribution in [0.5, 0.6) is 5.75 Å². The van der Waals surface area contributed by atoms with E-state index in [0.29, 0.717) is 34.7 Å². The van der Waals surface area contributed by atoms with Gasteiger partial charge in [0.05, 0.1) is 31.8 Å². The van der Waals surface area contributed by atoms with Gasteiger partial charge in [0.1, 0.15) is 11.6 Å². The van der Waals surface area contributed by atoms with E-state index >= 15 is 0 Å². The van der Waals surface area contributed by atoms with Crippen molar-refractivity contribution in [1.82, 2.24) is 20.1 Å². The average Bonchev–Trinajstić information content (AvgIpc) is 2.96. The van der Waals surface area contributed by atoms with Crippen molar-refractivity contribution in [3.05, 3.63) is 88.5 Å². The summed E-state index contributed by atoms with van der Waals surface area (Å²) in [4.78, 5) is 33.7. The molecule has 2 saturated heterocycles. The summed E-state index contributed by atoms with van der Waals surface area (Å²) in [6.07, 6.45) is 2.35. The number of ether oxygens (including phenoxy) is 1. The summed E-state index contributed by atoms with van der Waals surface area (Å²) in [6, 6.07) is 11.7. The van der Waals surface area contributed by atoms with Gasteiger partial charge in [-0.2, -0.15) is 0 Å². The van der Waals surface area contributed by atoms with Crippen molar-refractivity contribution in [2.24, 2.45) is 0 Å². The second kappa shape index (κ2) is 12.0. The zero-order chi connectivity index (χ0) is 30.9. The van der Waals surface area contributed by atoms with E-state index in [2.05, 4.69) is 10.3 Å². The van der Waals surface area contributed by atoms with Crippen LogP contribution in [0, 0.1) is 12.7 Å². The number of nitrogens with two attached hydrogens (primary N) is 2. The number of alkyl halides is 2. The molecule has 0 saturated carbocycles. The van der Waals surface area contributed by atoms with Gasteiger partial charge in [-0.25, -0.2) is 13.2 Å². The molecule has 2 aliphatic heterocycles. The summed E-state index contributed by atoms with van der Waals surface area (Å²) < 4.78 is 47.3. The van der Waals surface area contributed by atoms with Gasteiger partial charge in [-0.1, -0.05) is 6.07 Å². The first kappa shape index (κ1) is 30.0. The lowest BCUT2D eigenvalue weighted by Gasteiger charge is -2.45. The van der Waals surface area contributed by atoms with Crippen LogP contribution in [0.2, 0.25) is 0 Å². The van der Waals surface area contributed by atoms with Crippen LogP contribution in [0.3, 0.4) is 0 Å². The minimum Gasteiger partial charge on any atom is -0.496 e. The summed E-state index contributed by atoms with van der Waals surface area (Å²) in [6.45, 7) is 0.745. The molecule has 43 heavy (non-hydrogen) atoms. The third kappa shape index (κ3) is 6.48. The number of aromatic nitrogens is 1. The molecule has 12 heteroatoms. The standard InChI is InChI=1S/C31H33F3N6O3/c1-18-12-19(10-11-37-18)28(36)22-13-20(6-8-25(22)35)29(41)38-21-7-9-26(30(42)40-16-31(33,34)17-40)39(14-21)15-23-24(32)4-3-5-27(23)43-2/h3-6,8,10-13,21,26,36H,7,9,14-17,35H2,1-2H3,(H,38,41)/p+1/t21-,26+/m1/s1. The molecule has 9 nitrogen and oxygen atoms in total. The molecule has 3 heterocycles. The quantitative estimate of drug-likeness (QED) is 0.270. The number of aryl methyl sites for hydroxylation is 1. The molecular formula is C31H34F3N6O3+. The summed E-state index contributed by atoms with van der Waals surface area (Å²) in [5.74, 6) is -3.93. The number of carbonyl (C=O) groups excluding carboxylic acids is 2. The van der Waals surface area contributed by atoms with Gasteiger partial charge in [0.25, 0.3) is 11.8 Å². The minimum absolute atomic E-state index is 0.00822. The normalized spacial score (nSPS) is 19.8. The van der Waals surface area contributed by atoms with Crippen LogP contribution >= 0.6 is 0 Å². The Morgan fingerprint density at radius 2 is 1.91 bits per heavy atom. The number of carbonyl (C=O) groups is 2. The van der Waals surface area contributed by atoms with Gasteiger partial charge in [-0.3, -0.25) is 24.9 Å². The highest BCUT2D eigenvalue weighted by atomic mass is 19.3. The van der Waals surface area contributed by atoms with Crippen molar-refractivity contribution in [3.63, 3.8) is 0 Å². The van der Waals surface area contributed by atoms with E-state index in [4.69, 9.17) is 15.9 Å². The molecule has 5 N–H and O–H groups in total. The molecule has 226 valence electrons. The number of hydrogen-bond acceptors (Lipinski definition) is 6. The smallest absolute Gasteiger partial charge is 0.282 e. The Labute approximate surface area is 247 Å². The molecule has 0 spiro atoms. The maximum atomic E-state index is 14.9. The van der Waals surface area contributed by atoms with Gasteiger partial charge in [0.15, 0.2) is 0 Å². The summed E-state index contributed by atoms with van der Waals surface area (Å²) in [5, 5.41) is 9.42. The fourth-order valence-corrected chi connectivity index (χ4v) is 5.65. The number of benzene rings is 2. The molecule has 2 fully saturated rings. The molecular weight excluding hydrogens is 561 g/mol. The highest BCUT2D eigenvalue weighted by Crippen LogP contribution is 2.32. The van der Waals surface area contributed by atoms with Crippen molar-refractivity contribution >= 4 is 23.2 Å². The lowest BCUT2D eigenvalue weighted by Crippen LogP contribution is -2.64.